The van der Waals surface area contributed by atoms with Crippen molar-refractivity contribution in [2.75, 3.05) is 20.2 Å². The molecule has 2 heterocycles. The predicted molar refractivity (Wildman–Crippen MR) is 76.9 cm³/mol. The number of hydrogen-bond acceptors (Lipinski definition) is 3. The Morgan fingerprint density at radius 1 is 1.44 bits per heavy atom. The maximum absolute atomic E-state index is 9.88. The highest BCUT2D eigenvalue weighted by Gasteiger charge is 2.38. The fraction of sp³-hybridized carbons (Fsp3) is 0.538. The van der Waals surface area contributed by atoms with Gasteiger partial charge in [0.2, 0.25) is 0 Å². The van der Waals surface area contributed by atoms with Gasteiger partial charge in [-0.15, -0.1) is 12.4 Å². The van der Waals surface area contributed by atoms with Crippen LogP contribution in [0, 0.1) is 0 Å². The van der Waals surface area contributed by atoms with Crippen LogP contribution in [0.1, 0.15) is 24.3 Å². The Morgan fingerprint density at radius 2 is 2.22 bits per heavy atom. The fourth-order valence-electron chi connectivity index (χ4n) is 3.04. The smallest absolute Gasteiger partial charge is 0.165 e. The minimum atomic E-state index is 0. The molecule has 0 radical (unpaired) electrons. The largest absolute Gasteiger partial charge is 0.504 e. The van der Waals surface area contributed by atoms with Gasteiger partial charge in [-0.25, -0.2) is 0 Å². The van der Waals surface area contributed by atoms with Crippen LogP contribution in [0.3, 0.4) is 0 Å². The van der Waals surface area contributed by atoms with Gasteiger partial charge in [-0.1, -0.05) is 15.9 Å². The van der Waals surface area contributed by atoms with Crippen molar-refractivity contribution in [2.45, 2.75) is 24.8 Å². The van der Waals surface area contributed by atoms with E-state index >= 15 is 0 Å². The molecule has 100 valence electrons. The van der Waals surface area contributed by atoms with Crippen molar-refractivity contribution in [2.24, 2.45) is 0 Å². The summed E-state index contributed by atoms with van der Waals surface area (Å²) in [5.41, 5.74) is 1.15. The van der Waals surface area contributed by atoms with Crippen LogP contribution in [-0.4, -0.2) is 36.2 Å². The van der Waals surface area contributed by atoms with Crippen molar-refractivity contribution in [3.8, 4) is 11.5 Å². The number of aromatic hydroxyl groups is 1. The number of piperidine rings is 1. The summed E-state index contributed by atoms with van der Waals surface area (Å²) >= 11 is 3.59. The zero-order valence-electron chi connectivity index (χ0n) is 10.2. The third kappa shape index (κ3) is 2.10. The van der Waals surface area contributed by atoms with E-state index in [1.165, 1.54) is 12.8 Å². The van der Waals surface area contributed by atoms with E-state index in [1.54, 1.807) is 6.07 Å². The lowest BCUT2D eigenvalue weighted by Crippen LogP contribution is -2.47. The number of fused-ring (bicyclic) bond motifs is 3. The normalized spacial score (nSPS) is 26.6. The van der Waals surface area contributed by atoms with Crippen molar-refractivity contribution in [1.29, 1.82) is 0 Å². The molecule has 5 heteroatoms. The fourth-order valence-corrected chi connectivity index (χ4v) is 3.64. The Kier molecular flexibility index (Phi) is 4.09. The number of rotatable bonds is 0. The van der Waals surface area contributed by atoms with Crippen LogP contribution >= 0.6 is 28.3 Å². The molecule has 1 saturated heterocycles. The lowest BCUT2D eigenvalue weighted by Gasteiger charge is -2.43. The molecule has 1 aromatic rings. The van der Waals surface area contributed by atoms with E-state index in [0.717, 1.165) is 16.6 Å². The molecule has 0 bridgehead atoms. The Labute approximate surface area is 122 Å². The average molecular weight is 335 g/mol. The molecule has 3 rings (SSSR count). The Bertz CT molecular complexity index is 455. The molecule has 3 nitrogen and oxygen atoms in total. The minimum Gasteiger partial charge on any atom is -0.504 e. The van der Waals surface area contributed by atoms with Gasteiger partial charge in [-0.05, 0) is 38.6 Å². The Morgan fingerprint density at radius 3 is 3.00 bits per heavy atom. The predicted octanol–water partition coefficient (Wildman–Crippen LogP) is 3.15. The standard InChI is InChI=1S/C13H16BrNO2.ClH/c1-15-6-2-3-8-10(15)7-17-13-11(16)5-4-9(14)12(8)13;/h4-5,8,10,16H,2-3,6-7H2,1H3;1H/t8-,10+;/m0./s1. The minimum absolute atomic E-state index is 0. The molecule has 0 saturated carbocycles. The van der Waals surface area contributed by atoms with Crippen LogP contribution in [0.15, 0.2) is 16.6 Å². The summed E-state index contributed by atoms with van der Waals surface area (Å²) in [6.45, 7) is 1.81. The van der Waals surface area contributed by atoms with Crippen molar-refractivity contribution >= 4 is 28.3 Å². The van der Waals surface area contributed by atoms with Gasteiger partial charge in [0.1, 0.15) is 6.61 Å². The molecule has 2 aliphatic heterocycles. The highest BCUT2D eigenvalue weighted by atomic mass is 79.9. The number of phenolic OH excluding ortho intramolecular Hbond substituents is 1. The lowest BCUT2D eigenvalue weighted by molar-refractivity contribution is 0.0844. The molecule has 2 atom stereocenters. The van der Waals surface area contributed by atoms with Crippen molar-refractivity contribution < 1.29 is 9.84 Å². The number of likely N-dealkylation sites (tertiary alicyclic amines) is 1. The van der Waals surface area contributed by atoms with Gasteiger partial charge in [0.25, 0.3) is 0 Å². The van der Waals surface area contributed by atoms with Crippen LogP contribution in [0.4, 0.5) is 0 Å². The number of hydrogen-bond donors (Lipinski definition) is 1. The molecule has 0 amide bonds. The van der Waals surface area contributed by atoms with E-state index in [9.17, 15) is 5.11 Å². The maximum atomic E-state index is 9.88. The van der Waals surface area contributed by atoms with E-state index in [2.05, 4.69) is 27.9 Å². The van der Waals surface area contributed by atoms with Gasteiger partial charge >= 0.3 is 0 Å². The summed E-state index contributed by atoms with van der Waals surface area (Å²) < 4.78 is 6.80. The first-order valence-electron chi connectivity index (χ1n) is 6.03. The van der Waals surface area contributed by atoms with Gasteiger partial charge in [0, 0.05) is 16.0 Å². The number of likely N-dealkylation sites (N-methyl/N-ethyl adjacent to an activating group) is 1. The number of halogens is 2. The molecule has 0 aliphatic carbocycles. The van der Waals surface area contributed by atoms with Gasteiger partial charge in [-0.2, -0.15) is 0 Å². The third-order valence-electron chi connectivity index (χ3n) is 3.95. The molecule has 0 aromatic heterocycles. The maximum Gasteiger partial charge on any atom is 0.165 e. The second kappa shape index (κ2) is 5.27. The van der Waals surface area contributed by atoms with Gasteiger partial charge < -0.3 is 9.84 Å². The first kappa shape index (κ1) is 14.0. The van der Waals surface area contributed by atoms with Gasteiger partial charge in [0.05, 0.1) is 6.04 Å². The number of nitrogens with zero attached hydrogens (tertiary/aromatic N) is 1. The monoisotopic (exact) mass is 333 g/mol. The van der Waals surface area contributed by atoms with E-state index in [-0.39, 0.29) is 18.2 Å². The van der Waals surface area contributed by atoms with Crippen molar-refractivity contribution in [3.63, 3.8) is 0 Å². The quantitative estimate of drug-likeness (QED) is 0.791. The summed E-state index contributed by atoms with van der Waals surface area (Å²) in [6, 6.07) is 4.04. The van der Waals surface area contributed by atoms with Crippen LogP contribution in [0.2, 0.25) is 0 Å². The molecule has 0 spiro atoms. The van der Waals surface area contributed by atoms with E-state index < -0.39 is 0 Å². The molecule has 18 heavy (non-hydrogen) atoms. The molecular weight excluding hydrogens is 318 g/mol. The van der Waals surface area contributed by atoms with Crippen LogP contribution in [0.5, 0.6) is 11.5 Å². The molecule has 1 aromatic carbocycles. The molecule has 1 N–H and O–H groups in total. The Balaban J connectivity index is 0.00000120. The van der Waals surface area contributed by atoms with Gasteiger partial charge in [0.15, 0.2) is 11.5 Å². The number of ether oxygens (including phenoxy) is 1. The SMILES string of the molecule is CN1CCC[C@@H]2c3c(Br)ccc(O)c3OC[C@H]21.Cl. The third-order valence-corrected chi connectivity index (χ3v) is 4.64. The highest BCUT2D eigenvalue weighted by Crippen LogP contribution is 2.47. The van der Waals surface area contributed by atoms with Crippen LogP contribution < -0.4 is 4.74 Å². The second-order valence-electron chi connectivity index (χ2n) is 4.92. The summed E-state index contributed by atoms with van der Waals surface area (Å²) in [4.78, 5) is 2.37. The topological polar surface area (TPSA) is 32.7 Å². The first-order valence-corrected chi connectivity index (χ1v) is 6.82. The van der Waals surface area contributed by atoms with Crippen LogP contribution in [0.25, 0.3) is 0 Å². The average Bonchev–Trinajstić information content (AvgIpc) is 2.33. The number of benzene rings is 1. The molecular formula is C13H17BrClNO2. The molecule has 0 unspecified atom stereocenters. The zero-order valence-corrected chi connectivity index (χ0v) is 12.6. The van der Waals surface area contributed by atoms with Gasteiger partial charge in [-0.3, -0.25) is 4.90 Å². The number of phenols is 1. The van der Waals surface area contributed by atoms with E-state index in [4.69, 9.17) is 4.74 Å². The lowest BCUT2D eigenvalue weighted by atomic mass is 9.82. The zero-order chi connectivity index (χ0) is 12.0. The van der Waals surface area contributed by atoms with Crippen molar-refractivity contribution in [3.05, 3.63) is 22.2 Å². The van der Waals surface area contributed by atoms with E-state index in [0.29, 0.717) is 24.3 Å². The van der Waals surface area contributed by atoms with Crippen molar-refractivity contribution in [1.82, 2.24) is 4.90 Å². The first-order chi connectivity index (χ1) is 8.18. The second-order valence-corrected chi connectivity index (χ2v) is 5.77. The highest BCUT2D eigenvalue weighted by molar-refractivity contribution is 9.10. The summed E-state index contributed by atoms with van der Waals surface area (Å²) in [5.74, 6) is 1.41. The molecule has 1 fully saturated rings. The van der Waals surface area contributed by atoms with E-state index in [1.807, 2.05) is 6.07 Å². The Hall–Kier alpha value is -0.450. The summed E-state index contributed by atoms with van der Waals surface area (Å²) in [7, 11) is 2.15. The summed E-state index contributed by atoms with van der Waals surface area (Å²) in [6.07, 6.45) is 2.38. The summed E-state index contributed by atoms with van der Waals surface area (Å²) in [5, 5.41) is 9.88. The van der Waals surface area contributed by atoms with Crippen LogP contribution in [-0.2, 0) is 0 Å². The molecule has 2 aliphatic rings.